The molecular formula is C51H35N4O+. The number of hydrogen-bond donors (Lipinski definition) is 1. The Bertz CT molecular complexity index is 2800. The molecule has 1 spiro atoms. The van der Waals surface area contributed by atoms with Crippen molar-refractivity contribution in [2.24, 2.45) is 9.98 Å². The summed E-state index contributed by atoms with van der Waals surface area (Å²) in [4.78, 5) is 15.2. The molecule has 3 aliphatic rings. The lowest BCUT2D eigenvalue weighted by molar-refractivity contribution is -0.586. The van der Waals surface area contributed by atoms with E-state index in [0.717, 1.165) is 73.4 Å². The number of amidine groups is 2. The Morgan fingerprint density at radius 1 is 0.464 bits per heavy atom. The molecule has 1 unspecified atom stereocenters. The summed E-state index contributed by atoms with van der Waals surface area (Å²) in [6.45, 7) is 0. The molecule has 1 atom stereocenters. The molecular weight excluding hydrogens is 685 g/mol. The minimum Gasteiger partial charge on any atom is -0.457 e. The first-order valence-corrected chi connectivity index (χ1v) is 19.0. The van der Waals surface area contributed by atoms with E-state index < -0.39 is 5.41 Å². The second-order valence-corrected chi connectivity index (χ2v) is 14.5. The maximum Gasteiger partial charge on any atom is 0.235 e. The minimum atomic E-state index is -0.561. The van der Waals surface area contributed by atoms with Gasteiger partial charge in [-0.05, 0) is 69.8 Å². The Hall–Kier alpha value is -7.21. The summed E-state index contributed by atoms with van der Waals surface area (Å²) in [5.41, 5.74) is 14.1. The van der Waals surface area contributed by atoms with Crippen molar-refractivity contribution in [1.29, 1.82) is 0 Å². The third kappa shape index (κ3) is 5.09. The molecule has 5 heteroatoms. The molecule has 0 radical (unpaired) electrons. The highest BCUT2D eigenvalue weighted by molar-refractivity contribution is 6.09. The van der Waals surface area contributed by atoms with Crippen LogP contribution in [0.25, 0.3) is 33.5 Å². The molecule has 1 aliphatic carbocycles. The number of benzene rings is 7. The van der Waals surface area contributed by atoms with Crippen LogP contribution < -0.4 is 10.1 Å². The lowest BCUT2D eigenvalue weighted by atomic mass is 9.66. The number of nitrogens with two attached hydrogens (primary N) is 1. The number of para-hydroxylation sites is 2. The lowest BCUT2D eigenvalue weighted by Gasteiger charge is -2.39. The standard InChI is InChI=1S/C51H34N4O/c1-3-12-33(13-4-1)34-21-25-37(26-22-34)49-53-48(36-14-5-2-6-15-36)54-50(55-49)38-27-23-35(24-28-38)39-29-30-40-44(32-39)51(43-18-11-31-52-47(40)43)41-16-7-9-19-45(41)56-46-20-10-8-17-42(46)51/h1-32,50H,(H,53,54,55)/p+1. The Labute approximate surface area is 325 Å². The second-order valence-electron chi connectivity index (χ2n) is 14.5. The van der Waals surface area contributed by atoms with Crippen LogP contribution in [0.15, 0.2) is 204 Å². The first-order valence-electron chi connectivity index (χ1n) is 19.0. The molecule has 8 aromatic rings. The highest BCUT2D eigenvalue weighted by Crippen LogP contribution is 2.61. The SMILES string of the molecule is c1ccc(C2=NC(c3ccc(-c4ccc5c(c4)C4(c6ccccc6Oc6ccccc64)c4cccnc4-5)cc3)[NH2+]C(c3ccc(-c4ccccc4)cc3)=N2)cc1. The van der Waals surface area contributed by atoms with E-state index in [9.17, 15) is 0 Å². The second kappa shape index (κ2) is 13.0. The number of aliphatic imine (C=N–C) groups is 2. The van der Waals surface area contributed by atoms with Crippen LogP contribution in [0, 0.1) is 0 Å². The minimum absolute atomic E-state index is 0.195. The average molecular weight is 720 g/mol. The van der Waals surface area contributed by atoms with Gasteiger partial charge in [0.05, 0.1) is 16.7 Å². The first kappa shape index (κ1) is 32.2. The lowest BCUT2D eigenvalue weighted by Crippen LogP contribution is -2.90. The van der Waals surface area contributed by atoms with Crippen LogP contribution in [0.3, 0.4) is 0 Å². The van der Waals surface area contributed by atoms with Gasteiger partial charge >= 0.3 is 0 Å². The Balaban J connectivity index is 0.974. The largest absolute Gasteiger partial charge is 0.457 e. The van der Waals surface area contributed by atoms with E-state index in [-0.39, 0.29) is 6.17 Å². The zero-order valence-electron chi connectivity index (χ0n) is 30.4. The number of fused-ring (bicyclic) bond motifs is 9. The number of rotatable bonds is 5. The fourth-order valence-electron chi connectivity index (χ4n) is 8.78. The molecule has 264 valence electrons. The van der Waals surface area contributed by atoms with E-state index in [4.69, 9.17) is 19.7 Å². The summed E-state index contributed by atoms with van der Waals surface area (Å²) in [5, 5.41) is 2.18. The van der Waals surface area contributed by atoms with Crippen LogP contribution in [0.5, 0.6) is 11.5 Å². The molecule has 56 heavy (non-hydrogen) atoms. The Kier molecular flexibility index (Phi) is 7.47. The van der Waals surface area contributed by atoms with Crippen molar-refractivity contribution in [3.05, 3.63) is 233 Å². The first-order chi connectivity index (χ1) is 27.7. The number of quaternary nitrogens is 1. The van der Waals surface area contributed by atoms with Gasteiger partial charge in [0.1, 0.15) is 11.5 Å². The van der Waals surface area contributed by atoms with Gasteiger partial charge in [0.25, 0.3) is 0 Å². The van der Waals surface area contributed by atoms with Gasteiger partial charge in [0, 0.05) is 34.0 Å². The molecule has 11 rings (SSSR count). The van der Waals surface area contributed by atoms with Gasteiger partial charge in [-0.2, -0.15) is 4.99 Å². The number of hydrogen-bond acceptors (Lipinski definition) is 4. The van der Waals surface area contributed by atoms with Crippen molar-refractivity contribution in [1.82, 2.24) is 4.98 Å². The predicted molar refractivity (Wildman–Crippen MR) is 223 cm³/mol. The molecule has 0 saturated heterocycles. The van der Waals surface area contributed by atoms with Crippen molar-refractivity contribution in [3.63, 3.8) is 0 Å². The van der Waals surface area contributed by atoms with E-state index in [1.54, 1.807) is 0 Å². The third-order valence-corrected chi connectivity index (χ3v) is 11.4. The van der Waals surface area contributed by atoms with E-state index in [1.165, 1.54) is 22.3 Å². The fourth-order valence-corrected chi connectivity index (χ4v) is 8.78. The Morgan fingerprint density at radius 2 is 1.02 bits per heavy atom. The quantitative estimate of drug-likeness (QED) is 0.193. The van der Waals surface area contributed by atoms with Gasteiger partial charge in [0.2, 0.25) is 12.0 Å². The zero-order chi connectivity index (χ0) is 37.1. The van der Waals surface area contributed by atoms with Gasteiger partial charge in [-0.15, -0.1) is 0 Å². The number of aromatic nitrogens is 1. The molecule has 5 nitrogen and oxygen atoms in total. The molecule has 1 aromatic heterocycles. The van der Waals surface area contributed by atoms with Crippen LogP contribution in [-0.4, -0.2) is 16.7 Å². The van der Waals surface area contributed by atoms with Gasteiger partial charge < -0.3 is 4.74 Å². The van der Waals surface area contributed by atoms with Crippen LogP contribution in [0.1, 0.15) is 45.1 Å². The monoisotopic (exact) mass is 719 g/mol. The van der Waals surface area contributed by atoms with E-state index in [1.807, 2.05) is 42.6 Å². The molecule has 0 amide bonds. The van der Waals surface area contributed by atoms with E-state index in [0.29, 0.717) is 0 Å². The summed E-state index contributed by atoms with van der Waals surface area (Å²) in [6.07, 6.45) is 1.70. The van der Waals surface area contributed by atoms with E-state index >= 15 is 0 Å². The van der Waals surface area contributed by atoms with Crippen molar-refractivity contribution in [2.45, 2.75) is 11.6 Å². The fraction of sp³-hybridized carbons (Fsp3) is 0.0392. The molecule has 7 aromatic carbocycles. The van der Waals surface area contributed by atoms with Crippen LogP contribution in [-0.2, 0) is 5.41 Å². The highest BCUT2D eigenvalue weighted by atomic mass is 16.5. The van der Waals surface area contributed by atoms with Gasteiger partial charge in [0.15, 0.2) is 5.84 Å². The highest BCUT2D eigenvalue weighted by Gasteiger charge is 2.51. The number of pyridine rings is 1. The topological polar surface area (TPSA) is 63.5 Å². The van der Waals surface area contributed by atoms with Gasteiger partial charge in [-0.3, -0.25) is 10.3 Å². The molecule has 2 aliphatic heterocycles. The van der Waals surface area contributed by atoms with Gasteiger partial charge in [-0.25, -0.2) is 4.99 Å². The summed E-state index contributed by atoms with van der Waals surface area (Å²) < 4.78 is 6.53. The molecule has 0 fully saturated rings. The summed E-state index contributed by atoms with van der Waals surface area (Å²) in [6, 6.07) is 66.3. The summed E-state index contributed by atoms with van der Waals surface area (Å²) >= 11 is 0. The van der Waals surface area contributed by atoms with Crippen molar-refractivity contribution < 1.29 is 10.1 Å². The van der Waals surface area contributed by atoms with Crippen molar-refractivity contribution in [3.8, 4) is 45.0 Å². The van der Waals surface area contributed by atoms with Gasteiger partial charge in [-0.1, -0.05) is 152 Å². The smallest absolute Gasteiger partial charge is 0.235 e. The van der Waals surface area contributed by atoms with Crippen molar-refractivity contribution in [2.75, 3.05) is 0 Å². The average Bonchev–Trinajstić information content (AvgIpc) is 3.57. The van der Waals surface area contributed by atoms with Crippen molar-refractivity contribution >= 4 is 11.7 Å². The molecule has 3 heterocycles. The Morgan fingerprint density at radius 3 is 1.73 bits per heavy atom. The number of ether oxygens (including phenoxy) is 1. The summed E-state index contributed by atoms with van der Waals surface area (Å²) in [7, 11) is 0. The molecule has 0 saturated carbocycles. The zero-order valence-corrected chi connectivity index (χ0v) is 30.4. The van der Waals surface area contributed by atoms with E-state index in [2.05, 4.69) is 157 Å². The molecule has 2 N–H and O–H groups in total. The van der Waals surface area contributed by atoms with Crippen LogP contribution in [0.4, 0.5) is 0 Å². The maximum absolute atomic E-state index is 6.53. The normalized spacial score (nSPS) is 15.8. The summed E-state index contributed by atoms with van der Waals surface area (Å²) in [5.74, 6) is 3.40. The molecule has 0 bridgehead atoms. The van der Waals surface area contributed by atoms with Crippen LogP contribution >= 0.6 is 0 Å². The predicted octanol–water partition coefficient (Wildman–Crippen LogP) is 10.4. The third-order valence-electron chi connectivity index (χ3n) is 11.4. The maximum atomic E-state index is 6.53. The number of nitrogens with zero attached hydrogens (tertiary/aromatic N) is 3. The van der Waals surface area contributed by atoms with Crippen LogP contribution in [0.2, 0.25) is 0 Å².